The van der Waals surface area contributed by atoms with Crippen LogP contribution in [0, 0.1) is 0 Å². The summed E-state index contributed by atoms with van der Waals surface area (Å²) < 4.78 is 13.8. The van der Waals surface area contributed by atoms with E-state index in [1.165, 1.54) is 59.6 Å². The molecule has 0 unspecified atom stereocenters. The average Bonchev–Trinajstić information content (AvgIpc) is 4.05. The molecule has 56 heavy (non-hydrogen) atoms. The van der Waals surface area contributed by atoms with Crippen LogP contribution in [0.1, 0.15) is 0 Å². The van der Waals surface area contributed by atoms with Gasteiger partial charge in [0.05, 0.1) is 38.6 Å². The number of benzene rings is 8. The molecule has 6 nitrogen and oxygen atoms in total. The molecule has 14 aromatic rings. The van der Waals surface area contributed by atoms with Crippen molar-refractivity contribution in [1.82, 2.24) is 23.5 Å². The van der Waals surface area contributed by atoms with Crippen LogP contribution in [-0.2, 0) is 0 Å². The summed E-state index contributed by atoms with van der Waals surface area (Å²) in [6.45, 7) is 0. The van der Waals surface area contributed by atoms with Gasteiger partial charge in [-0.2, -0.15) is 4.98 Å². The van der Waals surface area contributed by atoms with Gasteiger partial charge >= 0.3 is 0 Å². The smallest absolute Gasteiger partial charge is 0.237 e. The molecule has 0 atom stereocenters. The van der Waals surface area contributed by atoms with E-state index in [0.29, 0.717) is 17.3 Å². The molecule has 6 heterocycles. The van der Waals surface area contributed by atoms with Crippen LogP contribution in [0.15, 0.2) is 168 Å². The zero-order valence-electron chi connectivity index (χ0n) is 29.7. The van der Waals surface area contributed by atoms with Gasteiger partial charge in [0, 0.05) is 48.5 Å². The Morgan fingerprint density at radius 1 is 0.393 bits per heavy atom. The van der Waals surface area contributed by atoms with Crippen LogP contribution in [0.4, 0.5) is 0 Å². The van der Waals surface area contributed by atoms with E-state index < -0.39 is 0 Å². The number of para-hydroxylation sites is 5. The normalized spacial score (nSPS) is 12.6. The highest BCUT2D eigenvalue weighted by Crippen LogP contribution is 2.49. The molecule has 0 aliphatic rings. The molecule has 0 fully saturated rings. The molecule has 6 heteroatoms. The standard InChI is InChI=1S/C50H27N5O/c1-2-14-29-28(13-1)25-26-40-43(29)45-44-33-18-6-11-23-39(33)54(41(44)27-35-32-17-5-8-20-36(32)53(40)47(35)45)49-48-46(34-19-7-12-24-42(34)56-48)51-50(52-49)55-37-21-9-3-15-30(37)31-16-4-10-22-38(31)55/h1-27H. The van der Waals surface area contributed by atoms with E-state index in [2.05, 4.69) is 165 Å². The first-order valence-electron chi connectivity index (χ1n) is 19.0. The molecule has 0 radical (unpaired) electrons. The highest BCUT2D eigenvalue weighted by molar-refractivity contribution is 6.39. The van der Waals surface area contributed by atoms with Gasteiger partial charge in [-0.1, -0.05) is 115 Å². The highest BCUT2D eigenvalue weighted by Gasteiger charge is 2.28. The molecular weight excluding hydrogens is 687 g/mol. The number of furan rings is 1. The first-order chi connectivity index (χ1) is 27.8. The molecular formula is C50H27N5O. The van der Waals surface area contributed by atoms with Gasteiger partial charge < -0.3 is 8.82 Å². The maximum Gasteiger partial charge on any atom is 0.237 e. The lowest BCUT2D eigenvalue weighted by atomic mass is 9.98. The molecule has 0 aliphatic heterocycles. The van der Waals surface area contributed by atoms with Crippen molar-refractivity contribution in [3.63, 3.8) is 0 Å². The molecule has 0 amide bonds. The van der Waals surface area contributed by atoms with Gasteiger partial charge in [0.1, 0.15) is 11.1 Å². The number of hydrogen-bond donors (Lipinski definition) is 0. The monoisotopic (exact) mass is 713 g/mol. The molecule has 0 bridgehead atoms. The van der Waals surface area contributed by atoms with Crippen LogP contribution >= 0.6 is 0 Å². The molecule has 0 saturated carbocycles. The van der Waals surface area contributed by atoms with Crippen molar-refractivity contribution in [1.29, 1.82) is 0 Å². The van der Waals surface area contributed by atoms with Crippen molar-refractivity contribution in [2.24, 2.45) is 0 Å². The van der Waals surface area contributed by atoms with Crippen molar-refractivity contribution in [2.45, 2.75) is 0 Å². The first-order valence-corrected chi connectivity index (χ1v) is 19.0. The van der Waals surface area contributed by atoms with Crippen LogP contribution in [0.3, 0.4) is 0 Å². The van der Waals surface area contributed by atoms with E-state index in [-0.39, 0.29) is 0 Å². The van der Waals surface area contributed by atoms with Gasteiger partial charge in [-0.25, -0.2) is 4.98 Å². The van der Waals surface area contributed by atoms with Gasteiger partial charge in [-0.15, -0.1) is 0 Å². The molecule has 0 spiro atoms. The molecule has 14 rings (SSSR count). The summed E-state index contributed by atoms with van der Waals surface area (Å²) in [4.78, 5) is 11.0. The Morgan fingerprint density at radius 2 is 0.964 bits per heavy atom. The highest BCUT2D eigenvalue weighted by atomic mass is 16.3. The average molecular weight is 714 g/mol. The van der Waals surface area contributed by atoms with Crippen molar-refractivity contribution in [3.05, 3.63) is 164 Å². The van der Waals surface area contributed by atoms with E-state index in [1.807, 2.05) is 12.1 Å². The number of hydrogen-bond acceptors (Lipinski definition) is 3. The third-order valence-electron chi connectivity index (χ3n) is 12.2. The summed E-state index contributed by atoms with van der Waals surface area (Å²) in [5, 5.41) is 13.1. The number of nitrogens with zero attached hydrogens (tertiary/aromatic N) is 5. The predicted molar refractivity (Wildman–Crippen MR) is 230 cm³/mol. The minimum absolute atomic E-state index is 0.598. The summed E-state index contributed by atoms with van der Waals surface area (Å²) in [5.74, 6) is 1.31. The molecule has 8 aromatic carbocycles. The SMILES string of the molecule is c1ccc2c(c1)ccc1c2c2c3c4ccccc4n(-c4nc(-n5c6ccccc6c6ccccc65)nc5c4oc4ccccc45)c3cc3c4ccccc4n1c32. The predicted octanol–water partition coefficient (Wildman–Crippen LogP) is 12.9. The Labute approximate surface area is 317 Å². The third kappa shape index (κ3) is 3.39. The molecule has 0 aliphatic carbocycles. The maximum atomic E-state index is 6.82. The Hall–Kier alpha value is -7.70. The van der Waals surface area contributed by atoms with Gasteiger partial charge in [0.15, 0.2) is 11.4 Å². The zero-order valence-corrected chi connectivity index (χ0v) is 29.7. The van der Waals surface area contributed by atoms with Crippen molar-refractivity contribution in [2.75, 3.05) is 0 Å². The van der Waals surface area contributed by atoms with Crippen molar-refractivity contribution in [3.8, 4) is 11.8 Å². The van der Waals surface area contributed by atoms with E-state index in [9.17, 15) is 0 Å². The van der Waals surface area contributed by atoms with Crippen LogP contribution in [-0.4, -0.2) is 23.5 Å². The third-order valence-corrected chi connectivity index (χ3v) is 12.2. The van der Waals surface area contributed by atoms with Crippen LogP contribution in [0.5, 0.6) is 0 Å². The largest absolute Gasteiger partial charge is 0.450 e. The fourth-order valence-corrected chi connectivity index (χ4v) is 9.96. The summed E-state index contributed by atoms with van der Waals surface area (Å²) in [6, 6.07) is 58.5. The molecule has 6 aromatic heterocycles. The van der Waals surface area contributed by atoms with Gasteiger partial charge in [-0.3, -0.25) is 9.13 Å². The lowest BCUT2D eigenvalue weighted by molar-refractivity contribution is 0.661. The topological polar surface area (TPSA) is 53.2 Å². The molecule has 0 N–H and O–H groups in total. The molecule has 0 saturated heterocycles. The van der Waals surface area contributed by atoms with Crippen LogP contribution < -0.4 is 0 Å². The lowest BCUT2D eigenvalue weighted by Crippen LogP contribution is -2.06. The number of aromatic nitrogens is 5. The second-order valence-electron chi connectivity index (χ2n) is 14.9. The van der Waals surface area contributed by atoms with Crippen molar-refractivity contribution >= 4 is 115 Å². The van der Waals surface area contributed by atoms with E-state index in [4.69, 9.17) is 14.4 Å². The van der Waals surface area contributed by atoms with E-state index >= 15 is 0 Å². The summed E-state index contributed by atoms with van der Waals surface area (Å²) >= 11 is 0. The fraction of sp³-hybridized carbons (Fsp3) is 0. The Kier molecular flexibility index (Phi) is 5.18. The second kappa shape index (κ2) is 10.1. The lowest BCUT2D eigenvalue weighted by Gasteiger charge is -2.12. The molecule has 258 valence electrons. The Balaban J connectivity index is 1.23. The first kappa shape index (κ1) is 28.8. The van der Waals surface area contributed by atoms with Crippen LogP contribution in [0.25, 0.3) is 126 Å². The minimum Gasteiger partial charge on any atom is -0.450 e. The fourth-order valence-electron chi connectivity index (χ4n) is 9.96. The van der Waals surface area contributed by atoms with Crippen LogP contribution in [0.2, 0.25) is 0 Å². The summed E-state index contributed by atoms with van der Waals surface area (Å²) in [7, 11) is 0. The number of rotatable bonds is 2. The Morgan fingerprint density at radius 3 is 1.71 bits per heavy atom. The van der Waals surface area contributed by atoms with Gasteiger partial charge in [0.25, 0.3) is 0 Å². The van der Waals surface area contributed by atoms with Gasteiger partial charge in [0.2, 0.25) is 5.95 Å². The zero-order chi connectivity index (χ0) is 36.2. The maximum absolute atomic E-state index is 6.82. The second-order valence-corrected chi connectivity index (χ2v) is 14.9. The summed E-state index contributed by atoms with van der Waals surface area (Å²) in [5.41, 5.74) is 10.1. The summed E-state index contributed by atoms with van der Waals surface area (Å²) in [6.07, 6.45) is 0. The Bertz CT molecular complexity index is 3960. The van der Waals surface area contributed by atoms with Crippen molar-refractivity contribution < 1.29 is 4.42 Å². The number of fused-ring (bicyclic) bond motifs is 18. The van der Waals surface area contributed by atoms with Gasteiger partial charge in [-0.05, 0) is 59.3 Å². The minimum atomic E-state index is 0.598. The van der Waals surface area contributed by atoms with E-state index in [0.717, 1.165) is 49.3 Å². The quantitative estimate of drug-likeness (QED) is 0.179. The van der Waals surface area contributed by atoms with E-state index in [1.54, 1.807) is 0 Å².